The summed E-state index contributed by atoms with van der Waals surface area (Å²) in [4.78, 5) is 16.8. The van der Waals surface area contributed by atoms with Crippen molar-refractivity contribution in [3.8, 4) is 5.75 Å². The van der Waals surface area contributed by atoms with Gasteiger partial charge in [-0.05, 0) is 38.1 Å². The molecule has 1 saturated heterocycles. The summed E-state index contributed by atoms with van der Waals surface area (Å²) in [6.07, 6.45) is -3.69. The number of ether oxygens (including phenoxy) is 2. The van der Waals surface area contributed by atoms with E-state index in [0.717, 1.165) is 11.3 Å². The van der Waals surface area contributed by atoms with Crippen LogP contribution in [0, 0.1) is 0 Å². The van der Waals surface area contributed by atoms with E-state index in [4.69, 9.17) is 4.74 Å². The molecule has 6 nitrogen and oxygen atoms in total. The van der Waals surface area contributed by atoms with Gasteiger partial charge in [0.15, 0.2) is 5.13 Å². The number of anilines is 1. The van der Waals surface area contributed by atoms with Crippen molar-refractivity contribution < 1.29 is 27.4 Å². The number of piperidine rings is 1. The van der Waals surface area contributed by atoms with Gasteiger partial charge in [0.25, 0.3) is 5.91 Å². The smallest absolute Gasteiger partial charge is 0.406 e. The normalized spacial score (nSPS) is 17.4. The minimum absolute atomic E-state index is 0.303. The quantitative estimate of drug-likeness (QED) is 0.860. The number of hydrogen-bond donors (Lipinski definition) is 2. The highest BCUT2D eigenvalue weighted by Crippen LogP contribution is 2.32. The van der Waals surface area contributed by atoms with Crippen LogP contribution in [-0.2, 0) is 9.53 Å². The lowest BCUT2D eigenvalue weighted by molar-refractivity contribution is -0.274. The van der Waals surface area contributed by atoms with Crippen LogP contribution in [0.25, 0.3) is 10.2 Å². The highest BCUT2D eigenvalue weighted by Gasteiger charge is 2.40. The first kappa shape index (κ1) is 17.9. The fourth-order valence-electron chi connectivity index (χ4n) is 2.72. The summed E-state index contributed by atoms with van der Waals surface area (Å²) in [7, 11) is 1.49. The van der Waals surface area contributed by atoms with E-state index in [1.54, 1.807) is 0 Å². The highest BCUT2D eigenvalue weighted by molar-refractivity contribution is 7.22. The van der Waals surface area contributed by atoms with E-state index >= 15 is 0 Å². The van der Waals surface area contributed by atoms with Crippen molar-refractivity contribution in [2.45, 2.75) is 24.8 Å². The maximum Gasteiger partial charge on any atom is 0.573 e. The molecule has 1 aromatic heterocycles. The molecule has 1 fully saturated rings. The Bertz CT molecular complexity index is 772. The molecule has 2 N–H and O–H groups in total. The molecule has 0 bridgehead atoms. The van der Waals surface area contributed by atoms with E-state index < -0.39 is 12.0 Å². The number of nitrogens with zero attached hydrogens (tertiary/aromatic N) is 1. The van der Waals surface area contributed by atoms with Gasteiger partial charge in [-0.1, -0.05) is 11.3 Å². The summed E-state index contributed by atoms with van der Waals surface area (Å²) in [6, 6.07) is 3.84. The Morgan fingerprint density at radius 3 is 2.72 bits per heavy atom. The number of amides is 1. The van der Waals surface area contributed by atoms with E-state index in [9.17, 15) is 18.0 Å². The zero-order valence-electron chi connectivity index (χ0n) is 13.3. The maximum atomic E-state index is 12.6. The second-order valence-electron chi connectivity index (χ2n) is 5.60. The summed E-state index contributed by atoms with van der Waals surface area (Å²) < 4.78 is 46.7. The molecular weight excluding hydrogens is 359 g/mol. The van der Waals surface area contributed by atoms with Crippen molar-refractivity contribution in [2.75, 3.05) is 25.5 Å². The Kier molecular flexibility index (Phi) is 4.85. The summed E-state index contributed by atoms with van der Waals surface area (Å²) in [6.45, 7) is 1.33. The minimum atomic E-state index is -4.75. The Hall–Kier alpha value is -1.91. The van der Waals surface area contributed by atoms with Gasteiger partial charge in [-0.25, -0.2) is 4.98 Å². The van der Waals surface area contributed by atoms with E-state index in [1.165, 1.54) is 25.3 Å². The second kappa shape index (κ2) is 6.77. The lowest BCUT2D eigenvalue weighted by atomic mass is 9.91. The SMILES string of the molecule is COC1(C(=O)Nc2nc3ccc(OC(F)(F)F)cc3s2)CCNCC1. The van der Waals surface area contributed by atoms with Gasteiger partial charge in [0.1, 0.15) is 11.4 Å². The molecule has 25 heavy (non-hydrogen) atoms. The van der Waals surface area contributed by atoms with Crippen molar-refractivity contribution in [1.82, 2.24) is 10.3 Å². The van der Waals surface area contributed by atoms with Crippen molar-refractivity contribution in [2.24, 2.45) is 0 Å². The number of hydrogen-bond acceptors (Lipinski definition) is 6. The van der Waals surface area contributed by atoms with Gasteiger partial charge in [-0.3, -0.25) is 10.1 Å². The first-order chi connectivity index (χ1) is 11.8. The topological polar surface area (TPSA) is 72.5 Å². The predicted molar refractivity (Wildman–Crippen MR) is 86.8 cm³/mol. The number of benzene rings is 1. The lowest BCUT2D eigenvalue weighted by Crippen LogP contribution is -2.51. The number of fused-ring (bicyclic) bond motifs is 1. The van der Waals surface area contributed by atoms with Crippen LogP contribution in [0.2, 0.25) is 0 Å². The van der Waals surface area contributed by atoms with E-state index in [2.05, 4.69) is 20.4 Å². The molecule has 136 valence electrons. The summed E-state index contributed by atoms with van der Waals surface area (Å²) in [5.74, 6) is -0.629. The molecule has 2 aromatic rings. The predicted octanol–water partition coefficient (Wildman–Crippen LogP) is 2.90. The molecule has 1 amide bonds. The first-order valence-electron chi connectivity index (χ1n) is 7.55. The van der Waals surface area contributed by atoms with Crippen molar-refractivity contribution in [3.05, 3.63) is 18.2 Å². The molecule has 2 heterocycles. The number of carbonyl (C=O) groups excluding carboxylic acids is 1. The van der Waals surface area contributed by atoms with Gasteiger partial charge >= 0.3 is 6.36 Å². The number of halogens is 3. The maximum absolute atomic E-state index is 12.6. The molecule has 10 heteroatoms. The fourth-order valence-corrected chi connectivity index (χ4v) is 3.61. The Labute approximate surface area is 145 Å². The van der Waals surface area contributed by atoms with E-state index in [0.29, 0.717) is 41.3 Å². The van der Waals surface area contributed by atoms with Crippen LogP contribution in [0.3, 0.4) is 0 Å². The third-order valence-corrected chi connectivity index (χ3v) is 4.96. The number of aromatic nitrogens is 1. The van der Waals surface area contributed by atoms with Crippen molar-refractivity contribution in [1.29, 1.82) is 0 Å². The van der Waals surface area contributed by atoms with Crippen LogP contribution in [0.1, 0.15) is 12.8 Å². The highest BCUT2D eigenvalue weighted by atomic mass is 32.1. The Morgan fingerprint density at radius 1 is 1.36 bits per heavy atom. The molecule has 1 aromatic carbocycles. The standard InChI is InChI=1S/C15H16F3N3O3S/c1-23-14(4-6-19-7-5-14)12(22)21-13-20-10-3-2-9(8-11(10)25-13)24-15(16,17)18/h2-3,8,19H,4-7H2,1H3,(H,20,21,22). The number of carbonyl (C=O) groups is 1. The number of rotatable bonds is 4. The third-order valence-electron chi connectivity index (χ3n) is 4.03. The van der Waals surface area contributed by atoms with Crippen molar-refractivity contribution >= 4 is 32.6 Å². The Balaban J connectivity index is 1.78. The van der Waals surface area contributed by atoms with Gasteiger partial charge < -0.3 is 14.8 Å². The van der Waals surface area contributed by atoms with Gasteiger partial charge in [0.05, 0.1) is 10.2 Å². The molecule has 0 radical (unpaired) electrons. The van der Waals surface area contributed by atoms with Crippen LogP contribution in [-0.4, -0.2) is 43.1 Å². The van der Waals surface area contributed by atoms with Crippen LogP contribution < -0.4 is 15.4 Å². The molecule has 3 rings (SSSR count). The van der Waals surface area contributed by atoms with E-state index in [1.807, 2.05) is 0 Å². The number of alkyl halides is 3. The number of methoxy groups -OCH3 is 1. The van der Waals surface area contributed by atoms with Gasteiger partial charge in [-0.2, -0.15) is 0 Å². The summed E-state index contributed by atoms with van der Waals surface area (Å²) in [5.41, 5.74) is -0.445. The molecule has 1 aliphatic rings. The van der Waals surface area contributed by atoms with Gasteiger partial charge in [-0.15, -0.1) is 13.2 Å². The molecular formula is C15H16F3N3O3S. The lowest BCUT2D eigenvalue weighted by Gasteiger charge is -2.34. The average Bonchev–Trinajstić information content (AvgIpc) is 2.95. The van der Waals surface area contributed by atoms with Crippen LogP contribution in [0.5, 0.6) is 5.75 Å². The minimum Gasteiger partial charge on any atom is -0.406 e. The second-order valence-corrected chi connectivity index (χ2v) is 6.63. The number of nitrogens with one attached hydrogen (secondary N) is 2. The van der Waals surface area contributed by atoms with Crippen LogP contribution in [0.15, 0.2) is 18.2 Å². The van der Waals surface area contributed by atoms with Crippen LogP contribution >= 0.6 is 11.3 Å². The molecule has 0 aliphatic carbocycles. The molecule has 0 spiro atoms. The van der Waals surface area contributed by atoms with Gasteiger partial charge in [0.2, 0.25) is 0 Å². The van der Waals surface area contributed by atoms with Gasteiger partial charge in [0, 0.05) is 13.2 Å². The monoisotopic (exact) mass is 375 g/mol. The molecule has 0 unspecified atom stereocenters. The van der Waals surface area contributed by atoms with Crippen molar-refractivity contribution in [3.63, 3.8) is 0 Å². The zero-order chi connectivity index (χ0) is 18.1. The first-order valence-corrected chi connectivity index (χ1v) is 8.37. The average molecular weight is 375 g/mol. The number of thiazole rings is 1. The van der Waals surface area contributed by atoms with Crippen LogP contribution in [0.4, 0.5) is 18.3 Å². The third kappa shape index (κ3) is 4.02. The van der Waals surface area contributed by atoms with E-state index in [-0.39, 0.29) is 11.7 Å². The molecule has 0 saturated carbocycles. The fraction of sp³-hybridized carbons (Fsp3) is 0.467. The Morgan fingerprint density at radius 2 is 2.08 bits per heavy atom. The summed E-state index contributed by atoms with van der Waals surface area (Å²) >= 11 is 1.08. The molecule has 1 aliphatic heterocycles. The molecule has 0 atom stereocenters. The zero-order valence-corrected chi connectivity index (χ0v) is 14.1. The summed E-state index contributed by atoms with van der Waals surface area (Å²) in [5, 5.41) is 6.18. The largest absolute Gasteiger partial charge is 0.573 e.